The first-order valence-electron chi connectivity index (χ1n) is 6.83. The van der Waals surface area contributed by atoms with Gasteiger partial charge in [-0.1, -0.05) is 18.2 Å². The van der Waals surface area contributed by atoms with Crippen LogP contribution in [0.2, 0.25) is 0 Å². The van der Waals surface area contributed by atoms with E-state index in [1.54, 1.807) is 25.5 Å². The minimum atomic E-state index is -0.351. The molecule has 0 saturated heterocycles. The summed E-state index contributed by atoms with van der Waals surface area (Å²) in [5.74, 6) is 0.763. The molecule has 0 heterocycles. The molecule has 0 aliphatic carbocycles. The maximum Gasteiger partial charge on any atom is 0.323 e. The molecule has 0 bridgehead atoms. The monoisotopic (exact) mass is 297 g/mol. The summed E-state index contributed by atoms with van der Waals surface area (Å²) in [6.07, 6.45) is 3.35. The van der Waals surface area contributed by atoms with Crippen molar-refractivity contribution >= 4 is 23.5 Å². The number of carbonyl (C=O) groups excluding carboxylic acids is 1. The van der Waals surface area contributed by atoms with Gasteiger partial charge in [0, 0.05) is 6.20 Å². The second-order valence-corrected chi connectivity index (χ2v) is 4.80. The van der Waals surface area contributed by atoms with Crippen LogP contribution >= 0.6 is 0 Å². The largest absolute Gasteiger partial charge is 0.497 e. The minimum absolute atomic E-state index is 0.351. The topological polar surface area (TPSA) is 76.4 Å². The van der Waals surface area contributed by atoms with E-state index in [0.717, 1.165) is 16.9 Å². The third-order valence-corrected chi connectivity index (χ3v) is 3.04. The molecule has 2 aromatic rings. The van der Waals surface area contributed by atoms with Crippen LogP contribution < -0.4 is 21.1 Å². The van der Waals surface area contributed by atoms with Crippen LogP contribution in [0.5, 0.6) is 5.75 Å². The van der Waals surface area contributed by atoms with Crippen molar-refractivity contribution in [3.8, 4) is 5.75 Å². The van der Waals surface area contributed by atoms with Crippen LogP contribution in [0, 0.1) is 6.92 Å². The number of amides is 2. The van der Waals surface area contributed by atoms with Crippen LogP contribution in [0.25, 0.3) is 6.08 Å². The van der Waals surface area contributed by atoms with Crippen molar-refractivity contribution in [2.24, 2.45) is 0 Å². The molecule has 4 N–H and O–H groups in total. The lowest BCUT2D eigenvalue weighted by molar-refractivity contribution is 0.255. The lowest BCUT2D eigenvalue weighted by atomic mass is 10.2. The van der Waals surface area contributed by atoms with E-state index in [-0.39, 0.29) is 6.03 Å². The van der Waals surface area contributed by atoms with Crippen LogP contribution in [0.1, 0.15) is 11.1 Å². The van der Waals surface area contributed by atoms with Crippen LogP contribution in [-0.2, 0) is 0 Å². The number of anilines is 2. The summed E-state index contributed by atoms with van der Waals surface area (Å²) in [7, 11) is 1.61. The van der Waals surface area contributed by atoms with Gasteiger partial charge in [-0.2, -0.15) is 0 Å². The van der Waals surface area contributed by atoms with Crippen molar-refractivity contribution in [3.05, 3.63) is 59.8 Å². The SMILES string of the molecule is COc1cccc(/C=C/NC(=O)Nc2cc(C)ccc2N)c1. The highest BCUT2D eigenvalue weighted by molar-refractivity contribution is 5.93. The lowest BCUT2D eigenvalue weighted by Gasteiger charge is -2.08. The lowest BCUT2D eigenvalue weighted by Crippen LogP contribution is -2.24. The Balaban J connectivity index is 1.94. The molecule has 0 aromatic heterocycles. The Hall–Kier alpha value is -2.95. The van der Waals surface area contributed by atoms with Crippen LogP contribution in [0.15, 0.2) is 48.7 Å². The number of methoxy groups -OCH3 is 1. The average Bonchev–Trinajstić information content (AvgIpc) is 2.51. The Kier molecular flexibility index (Phi) is 5.03. The van der Waals surface area contributed by atoms with Gasteiger partial charge in [0.15, 0.2) is 0 Å². The Morgan fingerprint density at radius 1 is 1.23 bits per heavy atom. The summed E-state index contributed by atoms with van der Waals surface area (Å²) < 4.78 is 5.14. The van der Waals surface area contributed by atoms with Gasteiger partial charge in [0.1, 0.15) is 5.75 Å². The predicted molar refractivity (Wildman–Crippen MR) is 89.8 cm³/mol. The number of benzene rings is 2. The zero-order valence-corrected chi connectivity index (χ0v) is 12.6. The first kappa shape index (κ1) is 15.4. The third kappa shape index (κ3) is 4.28. The van der Waals surface area contributed by atoms with E-state index in [9.17, 15) is 4.79 Å². The number of ether oxygens (including phenoxy) is 1. The minimum Gasteiger partial charge on any atom is -0.497 e. The molecular formula is C17H19N3O2. The number of hydrogen-bond donors (Lipinski definition) is 3. The molecule has 2 amide bonds. The Bertz CT molecular complexity index is 696. The Labute approximate surface area is 129 Å². The van der Waals surface area contributed by atoms with E-state index in [1.165, 1.54) is 0 Å². The maximum absolute atomic E-state index is 11.8. The number of carbonyl (C=O) groups is 1. The van der Waals surface area contributed by atoms with Gasteiger partial charge in [-0.05, 0) is 48.4 Å². The van der Waals surface area contributed by atoms with E-state index in [0.29, 0.717) is 11.4 Å². The van der Waals surface area contributed by atoms with Crippen molar-refractivity contribution in [1.82, 2.24) is 5.32 Å². The van der Waals surface area contributed by atoms with E-state index < -0.39 is 0 Å². The van der Waals surface area contributed by atoms with E-state index in [4.69, 9.17) is 10.5 Å². The number of urea groups is 1. The van der Waals surface area contributed by atoms with Crippen LogP contribution in [0.3, 0.4) is 0 Å². The van der Waals surface area contributed by atoms with E-state index in [2.05, 4.69) is 10.6 Å². The number of nitrogen functional groups attached to an aromatic ring is 1. The molecule has 0 aliphatic rings. The molecule has 5 nitrogen and oxygen atoms in total. The maximum atomic E-state index is 11.8. The van der Waals surface area contributed by atoms with Gasteiger partial charge in [-0.3, -0.25) is 0 Å². The van der Waals surface area contributed by atoms with Crippen molar-refractivity contribution < 1.29 is 9.53 Å². The van der Waals surface area contributed by atoms with Crippen molar-refractivity contribution in [2.45, 2.75) is 6.92 Å². The molecule has 0 aliphatic heterocycles. The first-order valence-corrected chi connectivity index (χ1v) is 6.83. The quantitative estimate of drug-likeness (QED) is 0.757. The second kappa shape index (κ2) is 7.17. The Morgan fingerprint density at radius 2 is 2.05 bits per heavy atom. The second-order valence-electron chi connectivity index (χ2n) is 4.80. The van der Waals surface area contributed by atoms with Crippen LogP contribution in [-0.4, -0.2) is 13.1 Å². The van der Waals surface area contributed by atoms with Crippen molar-refractivity contribution in [1.29, 1.82) is 0 Å². The van der Waals surface area contributed by atoms with E-state index in [1.807, 2.05) is 43.3 Å². The standard InChI is InChI=1S/C17H19N3O2/c1-12-6-7-15(18)16(10-12)20-17(21)19-9-8-13-4-3-5-14(11-13)22-2/h3-11H,18H2,1-2H3,(H2,19,20,21)/b9-8+. The Morgan fingerprint density at radius 3 is 2.82 bits per heavy atom. The molecule has 2 aromatic carbocycles. The summed E-state index contributed by atoms with van der Waals surface area (Å²) in [5.41, 5.74) is 8.88. The highest BCUT2D eigenvalue weighted by Crippen LogP contribution is 2.19. The molecule has 114 valence electrons. The van der Waals surface area contributed by atoms with Gasteiger partial charge < -0.3 is 21.1 Å². The van der Waals surface area contributed by atoms with Gasteiger partial charge in [0.2, 0.25) is 0 Å². The molecule has 5 heteroatoms. The smallest absolute Gasteiger partial charge is 0.323 e. The molecule has 0 saturated carbocycles. The normalized spacial score (nSPS) is 10.5. The van der Waals surface area contributed by atoms with Crippen molar-refractivity contribution in [3.63, 3.8) is 0 Å². The fourth-order valence-electron chi connectivity index (χ4n) is 1.90. The van der Waals surface area contributed by atoms with Gasteiger partial charge in [-0.25, -0.2) is 4.79 Å². The van der Waals surface area contributed by atoms with Gasteiger partial charge in [-0.15, -0.1) is 0 Å². The van der Waals surface area contributed by atoms with Gasteiger partial charge >= 0.3 is 6.03 Å². The molecule has 0 atom stereocenters. The summed E-state index contributed by atoms with van der Waals surface area (Å²) in [6, 6.07) is 12.6. The molecule has 0 fully saturated rings. The molecule has 22 heavy (non-hydrogen) atoms. The van der Waals surface area contributed by atoms with Gasteiger partial charge in [0.25, 0.3) is 0 Å². The first-order chi connectivity index (χ1) is 10.6. The van der Waals surface area contributed by atoms with E-state index >= 15 is 0 Å². The molecule has 0 radical (unpaired) electrons. The summed E-state index contributed by atoms with van der Waals surface area (Å²) in [6.45, 7) is 1.94. The number of nitrogens with one attached hydrogen (secondary N) is 2. The summed E-state index contributed by atoms with van der Waals surface area (Å²) in [5, 5.41) is 5.35. The summed E-state index contributed by atoms with van der Waals surface area (Å²) in [4.78, 5) is 11.8. The molecule has 0 spiro atoms. The highest BCUT2D eigenvalue weighted by atomic mass is 16.5. The number of aryl methyl sites for hydroxylation is 1. The zero-order chi connectivity index (χ0) is 15.9. The fraction of sp³-hybridized carbons (Fsp3) is 0.118. The highest BCUT2D eigenvalue weighted by Gasteiger charge is 2.03. The third-order valence-electron chi connectivity index (χ3n) is 3.04. The number of rotatable bonds is 4. The number of nitrogens with two attached hydrogens (primary N) is 1. The molecule has 0 unspecified atom stereocenters. The van der Waals surface area contributed by atoms with Crippen molar-refractivity contribution in [2.75, 3.05) is 18.2 Å². The predicted octanol–water partition coefficient (Wildman–Crippen LogP) is 3.38. The summed E-state index contributed by atoms with van der Waals surface area (Å²) >= 11 is 0. The molecule has 2 rings (SSSR count). The average molecular weight is 297 g/mol. The number of hydrogen-bond acceptors (Lipinski definition) is 3. The van der Waals surface area contributed by atoms with Crippen LogP contribution in [0.4, 0.5) is 16.2 Å². The zero-order valence-electron chi connectivity index (χ0n) is 12.6. The fourth-order valence-corrected chi connectivity index (χ4v) is 1.90. The van der Waals surface area contributed by atoms with Gasteiger partial charge in [0.05, 0.1) is 18.5 Å². The molecular weight excluding hydrogens is 278 g/mol.